The Bertz CT molecular complexity index is 897. The molecule has 0 radical (unpaired) electrons. The predicted octanol–water partition coefficient (Wildman–Crippen LogP) is 2.67. The fourth-order valence-corrected chi connectivity index (χ4v) is 3.22. The summed E-state index contributed by atoms with van der Waals surface area (Å²) >= 11 is 0. The van der Waals surface area contributed by atoms with E-state index in [1.807, 2.05) is 37.3 Å². The molecule has 9 heteroatoms. The molecule has 0 aliphatic heterocycles. The van der Waals surface area contributed by atoms with Crippen LogP contribution in [0.4, 0.5) is 0 Å². The minimum Gasteiger partial charge on any atom is -0.481 e. The maximum atomic E-state index is 11.8. The third kappa shape index (κ3) is 5.35. The van der Waals surface area contributed by atoms with Gasteiger partial charge in [0.2, 0.25) is 5.88 Å². The van der Waals surface area contributed by atoms with Crippen molar-refractivity contribution in [2.45, 2.75) is 38.6 Å². The predicted molar refractivity (Wildman–Crippen MR) is 105 cm³/mol. The molecule has 0 saturated carbocycles. The standard InChI is InChI=1S/C20H24N6O3/c1-2-3-16(20(27)28)17(19-23-25-26-24-19)10-14-6-9-18(22-12-14)29-15-7-4-13(11-21)5-8-15/h4-9,12,16-17H,2-3,10-11,21H2,1H3,(H,27,28)(H,23,24,25,26)/t16-,17?/m0/s1. The number of aromatic amines is 1. The van der Waals surface area contributed by atoms with E-state index in [0.717, 1.165) is 17.5 Å². The zero-order chi connectivity index (χ0) is 20.6. The number of ether oxygens (including phenoxy) is 1. The molecule has 1 unspecified atom stereocenters. The van der Waals surface area contributed by atoms with E-state index in [2.05, 4.69) is 25.6 Å². The molecule has 2 aromatic heterocycles. The molecule has 0 fully saturated rings. The van der Waals surface area contributed by atoms with Gasteiger partial charge in [-0.3, -0.25) is 4.79 Å². The van der Waals surface area contributed by atoms with Crippen LogP contribution < -0.4 is 10.5 Å². The first kappa shape index (κ1) is 20.4. The van der Waals surface area contributed by atoms with E-state index >= 15 is 0 Å². The van der Waals surface area contributed by atoms with Crippen molar-refractivity contribution < 1.29 is 14.6 Å². The number of aromatic nitrogens is 5. The van der Waals surface area contributed by atoms with Crippen LogP contribution in [0.1, 0.15) is 42.6 Å². The number of benzene rings is 1. The van der Waals surface area contributed by atoms with Crippen LogP contribution in [-0.4, -0.2) is 36.7 Å². The van der Waals surface area contributed by atoms with Gasteiger partial charge in [-0.05, 0) is 46.5 Å². The monoisotopic (exact) mass is 396 g/mol. The van der Waals surface area contributed by atoms with Crippen molar-refractivity contribution in [3.63, 3.8) is 0 Å². The van der Waals surface area contributed by atoms with Gasteiger partial charge in [0.1, 0.15) is 5.75 Å². The highest BCUT2D eigenvalue weighted by Crippen LogP contribution is 2.30. The number of hydrogen-bond donors (Lipinski definition) is 3. The lowest BCUT2D eigenvalue weighted by molar-refractivity contribution is -0.142. The van der Waals surface area contributed by atoms with Crippen LogP contribution >= 0.6 is 0 Å². The Kier molecular flexibility index (Phi) is 6.85. The highest BCUT2D eigenvalue weighted by atomic mass is 16.5. The molecule has 0 aliphatic rings. The first-order valence-electron chi connectivity index (χ1n) is 9.49. The lowest BCUT2D eigenvalue weighted by Gasteiger charge is -2.21. The number of carbonyl (C=O) groups is 1. The smallest absolute Gasteiger partial charge is 0.307 e. The van der Waals surface area contributed by atoms with Crippen molar-refractivity contribution in [2.75, 3.05) is 0 Å². The lowest BCUT2D eigenvalue weighted by atomic mass is 9.83. The largest absolute Gasteiger partial charge is 0.481 e. The number of hydrogen-bond acceptors (Lipinski definition) is 7. The maximum absolute atomic E-state index is 11.8. The number of aliphatic carboxylic acids is 1. The molecule has 0 aliphatic carbocycles. The van der Waals surface area contributed by atoms with Gasteiger partial charge < -0.3 is 15.6 Å². The first-order valence-corrected chi connectivity index (χ1v) is 9.49. The summed E-state index contributed by atoms with van der Waals surface area (Å²) in [5, 5.41) is 23.5. The van der Waals surface area contributed by atoms with Crippen molar-refractivity contribution in [1.29, 1.82) is 0 Å². The average Bonchev–Trinajstić information content (AvgIpc) is 3.27. The molecule has 152 valence electrons. The number of pyridine rings is 1. The first-order chi connectivity index (χ1) is 14.1. The maximum Gasteiger partial charge on any atom is 0.307 e. The van der Waals surface area contributed by atoms with Crippen molar-refractivity contribution >= 4 is 5.97 Å². The summed E-state index contributed by atoms with van der Waals surface area (Å²) in [6, 6.07) is 11.1. The molecular formula is C20H24N6O3. The number of nitrogens with two attached hydrogens (primary N) is 1. The Morgan fingerprint density at radius 1 is 1.21 bits per heavy atom. The lowest BCUT2D eigenvalue weighted by Crippen LogP contribution is -2.25. The van der Waals surface area contributed by atoms with Gasteiger partial charge in [0.15, 0.2) is 5.82 Å². The molecule has 0 spiro atoms. The van der Waals surface area contributed by atoms with Gasteiger partial charge in [0, 0.05) is 24.7 Å². The Hall–Kier alpha value is -3.33. The van der Waals surface area contributed by atoms with Gasteiger partial charge in [-0.15, -0.1) is 5.10 Å². The van der Waals surface area contributed by atoms with E-state index in [4.69, 9.17) is 10.5 Å². The molecule has 4 N–H and O–H groups in total. The Morgan fingerprint density at radius 3 is 2.52 bits per heavy atom. The van der Waals surface area contributed by atoms with E-state index < -0.39 is 11.9 Å². The normalized spacial score (nSPS) is 13.0. The van der Waals surface area contributed by atoms with Crippen LogP contribution in [0.5, 0.6) is 11.6 Å². The number of nitrogens with one attached hydrogen (secondary N) is 1. The van der Waals surface area contributed by atoms with E-state index in [9.17, 15) is 9.90 Å². The van der Waals surface area contributed by atoms with Gasteiger partial charge in [-0.25, -0.2) is 10.1 Å². The second kappa shape index (κ2) is 9.74. The van der Waals surface area contributed by atoms with Crippen LogP contribution in [0.2, 0.25) is 0 Å². The fourth-order valence-electron chi connectivity index (χ4n) is 3.22. The van der Waals surface area contributed by atoms with Crippen LogP contribution in [-0.2, 0) is 17.8 Å². The third-order valence-corrected chi connectivity index (χ3v) is 4.75. The minimum atomic E-state index is -0.859. The van der Waals surface area contributed by atoms with Crippen LogP contribution in [0.3, 0.4) is 0 Å². The highest BCUT2D eigenvalue weighted by Gasteiger charge is 2.31. The highest BCUT2D eigenvalue weighted by molar-refractivity contribution is 5.71. The summed E-state index contributed by atoms with van der Waals surface area (Å²) in [4.78, 5) is 16.1. The molecule has 0 bridgehead atoms. The third-order valence-electron chi connectivity index (χ3n) is 4.75. The summed E-state index contributed by atoms with van der Waals surface area (Å²) in [7, 11) is 0. The van der Waals surface area contributed by atoms with Crippen molar-refractivity contribution in [2.24, 2.45) is 11.7 Å². The van der Waals surface area contributed by atoms with Crippen molar-refractivity contribution in [3.05, 3.63) is 59.5 Å². The van der Waals surface area contributed by atoms with Gasteiger partial charge >= 0.3 is 5.97 Å². The number of rotatable bonds is 10. The number of nitrogens with zero attached hydrogens (tertiary/aromatic N) is 4. The zero-order valence-corrected chi connectivity index (χ0v) is 16.2. The molecule has 2 heterocycles. The van der Waals surface area contributed by atoms with Crippen LogP contribution in [0.25, 0.3) is 0 Å². The summed E-state index contributed by atoms with van der Waals surface area (Å²) in [6.45, 7) is 2.43. The van der Waals surface area contributed by atoms with E-state index in [0.29, 0.717) is 36.8 Å². The second-order valence-electron chi connectivity index (χ2n) is 6.79. The Balaban J connectivity index is 1.73. The van der Waals surface area contributed by atoms with Crippen LogP contribution in [0, 0.1) is 5.92 Å². The number of carboxylic acids is 1. The molecule has 9 nitrogen and oxygen atoms in total. The summed E-state index contributed by atoms with van der Waals surface area (Å²) in [5.74, 6) is -0.239. The van der Waals surface area contributed by atoms with Gasteiger partial charge in [0.25, 0.3) is 0 Å². The van der Waals surface area contributed by atoms with E-state index in [-0.39, 0.29) is 5.92 Å². The van der Waals surface area contributed by atoms with Crippen molar-refractivity contribution in [3.8, 4) is 11.6 Å². The molecule has 3 rings (SSSR count). The van der Waals surface area contributed by atoms with E-state index in [1.54, 1.807) is 12.3 Å². The minimum absolute atomic E-state index is 0.375. The molecule has 3 aromatic rings. The van der Waals surface area contributed by atoms with E-state index in [1.165, 1.54) is 0 Å². The molecule has 0 saturated heterocycles. The average molecular weight is 396 g/mol. The molecule has 1 aromatic carbocycles. The zero-order valence-electron chi connectivity index (χ0n) is 16.2. The molecular weight excluding hydrogens is 372 g/mol. The summed E-state index contributed by atoms with van der Waals surface area (Å²) in [5.41, 5.74) is 7.49. The topological polar surface area (TPSA) is 140 Å². The van der Waals surface area contributed by atoms with Gasteiger partial charge in [-0.2, -0.15) is 0 Å². The molecule has 29 heavy (non-hydrogen) atoms. The second-order valence-corrected chi connectivity index (χ2v) is 6.79. The SMILES string of the molecule is CCC[C@H](C(=O)O)C(Cc1ccc(Oc2ccc(CN)cc2)nc1)c1nnn[nH]1. The van der Waals surface area contributed by atoms with Crippen LogP contribution in [0.15, 0.2) is 42.6 Å². The quantitative estimate of drug-likeness (QED) is 0.475. The van der Waals surface area contributed by atoms with Gasteiger partial charge in [0.05, 0.1) is 5.92 Å². The summed E-state index contributed by atoms with van der Waals surface area (Å²) in [6.07, 6.45) is 3.43. The van der Waals surface area contributed by atoms with Crippen molar-refractivity contribution in [1.82, 2.24) is 25.6 Å². The molecule has 2 atom stereocenters. The number of H-pyrrole nitrogens is 1. The number of carboxylic acid groups (broad SMARTS) is 1. The summed E-state index contributed by atoms with van der Waals surface area (Å²) < 4.78 is 5.75. The Morgan fingerprint density at radius 2 is 1.97 bits per heavy atom. The fraction of sp³-hybridized carbons (Fsp3) is 0.350. The van der Waals surface area contributed by atoms with Gasteiger partial charge in [-0.1, -0.05) is 31.5 Å². The number of tetrazole rings is 1. The molecule has 0 amide bonds. The Labute approximate surface area is 168 Å².